The summed E-state index contributed by atoms with van der Waals surface area (Å²) in [6.45, 7) is 7.45. The molecule has 1 saturated heterocycles. The molecule has 1 aliphatic heterocycles. The molecule has 9 heteroatoms. The molecule has 3 amide bonds. The summed E-state index contributed by atoms with van der Waals surface area (Å²) >= 11 is 0. The number of rotatable bonds is 13. The lowest BCUT2D eigenvalue weighted by Gasteiger charge is -2.28. The van der Waals surface area contributed by atoms with Gasteiger partial charge in [-0.25, -0.2) is 4.79 Å². The quantitative estimate of drug-likeness (QED) is 0.347. The van der Waals surface area contributed by atoms with Gasteiger partial charge in [0, 0.05) is 6.42 Å². The van der Waals surface area contributed by atoms with Gasteiger partial charge in [0.15, 0.2) is 5.78 Å². The van der Waals surface area contributed by atoms with Gasteiger partial charge in [0.05, 0.1) is 12.6 Å². The van der Waals surface area contributed by atoms with Crippen LogP contribution in [0.3, 0.4) is 0 Å². The molecular weight excluding hydrogens is 486 g/mol. The van der Waals surface area contributed by atoms with E-state index in [1.165, 1.54) is 6.92 Å². The number of hydrogen-bond donors (Lipinski definition) is 3. The number of ketones is 1. The van der Waals surface area contributed by atoms with Crippen LogP contribution in [0.1, 0.15) is 45.2 Å². The fourth-order valence-electron chi connectivity index (χ4n) is 3.90. The van der Waals surface area contributed by atoms with Crippen molar-refractivity contribution in [1.29, 1.82) is 0 Å². The number of amides is 3. The normalized spacial score (nSPS) is 19.3. The topological polar surface area (TPSA) is 126 Å². The predicted molar refractivity (Wildman–Crippen MR) is 142 cm³/mol. The van der Waals surface area contributed by atoms with Gasteiger partial charge in [-0.2, -0.15) is 0 Å². The van der Waals surface area contributed by atoms with Gasteiger partial charge in [-0.1, -0.05) is 80.9 Å². The summed E-state index contributed by atoms with van der Waals surface area (Å²) in [6.07, 6.45) is 0.133. The molecular formula is C29H37N3O6. The molecule has 204 valence electrons. The van der Waals surface area contributed by atoms with Crippen molar-refractivity contribution >= 4 is 23.7 Å². The highest BCUT2D eigenvalue weighted by atomic mass is 16.6. The van der Waals surface area contributed by atoms with E-state index in [4.69, 9.17) is 9.47 Å². The largest absolute Gasteiger partial charge is 0.445 e. The number of carbonyl (C=O) groups excluding carboxylic acids is 4. The molecule has 5 atom stereocenters. The number of hydrogen-bond acceptors (Lipinski definition) is 6. The highest BCUT2D eigenvalue weighted by Gasteiger charge is 2.51. The van der Waals surface area contributed by atoms with Gasteiger partial charge in [-0.15, -0.1) is 0 Å². The Kier molecular flexibility index (Phi) is 10.0. The van der Waals surface area contributed by atoms with Gasteiger partial charge in [0.2, 0.25) is 11.8 Å². The number of ether oxygens (including phenoxy) is 2. The summed E-state index contributed by atoms with van der Waals surface area (Å²) in [5.41, 5.74) is 0.757. The average Bonchev–Trinajstić information content (AvgIpc) is 3.68. The lowest BCUT2D eigenvalue weighted by molar-refractivity contribution is -0.134. The summed E-state index contributed by atoms with van der Waals surface area (Å²) in [5.74, 6) is -1.34. The second-order valence-electron chi connectivity index (χ2n) is 9.93. The number of Topliss-reactive ketones (excluding diaryl/α,β-unsaturated/α-hetero) is 1. The van der Waals surface area contributed by atoms with Crippen LogP contribution in [0.5, 0.6) is 0 Å². The first-order valence-corrected chi connectivity index (χ1v) is 12.9. The first-order chi connectivity index (χ1) is 18.1. The van der Waals surface area contributed by atoms with Crippen LogP contribution in [-0.2, 0) is 36.9 Å². The Bertz CT molecular complexity index is 1100. The fraction of sp³-hybridized carbons (Fsp3) is 0.448. The van der Waals surface area contributed by atoms with Gasteiger partial charge >= 0.3 is 6.09 Å². The van der Waals surface area contributed by atoms with Gasteiger partial charge in [0.1, 0.15) is 24.3 Å². The summed E-state index contributed by atoms with van der Waals surface area (Å²) in [4.78, 5) is 51.7. The molecule has 0 spiro atoms. The Morgan fingerprint density at radius 1 is 0.895 bits per heavy atom. The van der Waals surface area contributed by atoms with Crippen molar-refractivity contribution < 1.29 is 28.7 Å². The van der Waals surface area contributed by atoms with E-state index >= 15 is 0 Å². The minimum atomic E-state index is -0.971. The number of alkyl carbamates (subject to hydrolysis) is 1. The molecule has 0 bridgehead atoms. The first kappa shape index (κ1) is 28.8. The van der Waals surface area contributed by atoms with E-state index in [0.29, 0.717) is 13.0 Å². The Balaban J connectivity index is 1.66. The zero-order valence-corrected chi connectivity index (χ0v) is 22.4. The molecule has 3 rings (SSSR count). The van der Waals surface area contributed by atoms with Crippen molar-refractivity contribution in [2.75, 3.05) is 6.61 Å². The average molecular weight is 524 g/mol. The maximum atomic E-state index is 13.4. The zero-order valence-electron chi connectivity index (χ0n) is 22.4. The zero-order chi connectivity index (χ0) is 27.7. The number of carbonyl (C=O) groups is 4. The van der Waals surface area contributed by atoms with Crippen LogP contribution in [0, 0.1) is 5.92 Å². The van der Waals surface area contributed by atoms with Crippen LogP contribution in [0.15, 0.2) is 60.7 Å². The van der Waals surface area contributed by atoms with E-state index < -0.39 is 41.6 Å². The van der Waals surface area contributed by atoms with Crippen LogP contribution in [0.4, 0.5) is 4.79 Å². The highest BCUT2D eigenvalue weighted by molar-refractivity contribution is 5.98. The third-order valence-corrected chi connectivity index (χ3v) is 6.75. The van der Waals surface area contributed by atoms with Gasteiger partial charge in [0.25, 0.3) is 0 Å². The molecule has 1 aliphatic rings. The Hall–Kier alpha value is -3.72. The summed E-state index contributed by atoms with van der Waals surface area (Å²) in [6, 6.07) is 15.7. The van der Waals surface area contributed by atoms with Crippen LogP contribution >= 0.6 is 0 Å². The Morgan fingerprint density at radius 2 is 1.47 bits per heavy atom. The molecule has 1 fully saturated rings. The number of epoxide rings is 1. The van der Waals surface area contributed by atoms with E-state index in [1.807, 2.05) is 74.5 Å². The van der Waals surface area contributed by atoms with Crippen molar-refractivity contribution in [2.24, 2.45) is 5.92 Å². The predicted octanol–water partition coefficient (Wildman–Crippen LogP) is 2.92. The SMILES string of the molecule is CC[C@@H](C)C(NC(=O)[C@H](Cc1ccccc1)NC(=O)[C@H](C)NC(=O)OCc1ccccc1)C(=O)[C@@]1(C)CO1. The number of benzene rings is 2. The molecule has 0 saturated carbocycles. The highest BCUT2D eigenvalue weighted by Crippen LogP contribution is 2.30. The van der Waals surface area contributed by atoms with Crippen molar-refractivity contribution in [3.8, 4) is 0 Å². The minimum Gasteiger partial charge on any atom is -0.445 e. The summed E-state index contributed by atoms with van der Waals surface area (Å²) in [5, 5.41) is 8.10. The van der Waals surface area contributed by atoms with Gasteiger partial charge in [-0.3, -0.25) is 14.4 Å². The maximum Gasteiger partial charge on any atom is 0.408 e. The molecule has 1 heterocycles. The molecule has 9 nitrogen and oxygen atoms in total. The second-order valence-corrected chi connectivity index (χ2v) is 9.93. The van der Waals surface area contributed by atoms with E-state index in [0.717, 1.165) is 11.1 Å². The summed E-state index contributed by atoms with van der Waals surface area (Å²) in [7, 11) is 0. The Morgan fingerprint density at radius 3 is 2.03 bits per heavy atom. The van der Waals surface area contributed by atoms with Crippen LogP contribution in [0.2, 0.25) is 0 Å². The third-order valence-electron chi connectivity index (χ3n) is 6.75. The smallest absolute Gasteiger partial charge is 0.408 e. The van der Waals surface area contributed by atoms with Crippen molar-refractivity contribution in [2.45, 2.75) is 70.9 Å². The van der Waals surface area contributed by atoms with Gasteiger partial charge in [-0.05, 0) is 30.9 Å². The lowest BCUT2D eigenvalue weighted by Crippen LogP contribution is -2.58. The summed E-state index contributed by atoms with van der Waals surface area (Å²) < 4.78 is 10.5. The molecule has 0 radical (unpaired) electrons. The second kappa shape index (κ2) is 13.2. The molecule has 2 aromatic carbocycles. The molecule has 0 aromatic heterocycles. The molecule has 38 heavy (non-hydrogen) atoms. The molecule has 1 unspecified atom stereocenters. The van der Waals surface area contributed by atoms with Crippen molar-refractivity contribution in [3.63, 3.8) is 0 Å². The minimum absolute atomic E-state index is 0.0632. The standard InChI is InChI=1S/C29H37N3O6/c1-5-19(2)24(25(33)29(4)18-38-29)32-27(35)23(16-21-12-8-6-9-13-21)31-26(34)20(3)30-28(36)37-17-22-14-10-7-11-15-22/h6-15,19-20,23-24H,5,16-18H2,1-4H3,(H,30,36)(H,31,34)(H,32,35)/t19-,20+,23+,24?,29-/m1/s1. The first-order valence-electron chi connectivity index (χ1n) is 12.9. The number of nitrogens with one attached hydrogen (secondary N) is 3. The fourth-order valence-corrected chi connectivity index (χ4v) is 3.90. The van der Waals surface area contributed by atoms with E-state index in [-0.39, 0.29) is 24.7 Å². The van der Waals surface area contributed by atoms with Crippen LogP contribution in [0.25, 0.3) is 0 Å². The maximum absolute atomic E-state index is 13.4. The molecule has 2 aromatic rings. The van der Waals surface area contributed by atoms with Crippen LogP contribution < -0.4 is 16.0 Å². The Labute approximate surface area is 223 Å². The van der Waals surface area contributed by atoms with Crippen molar-refractivity contribution in [3.05, 3.63) is 71.8 Å². The third kappa shape index (κ3) is 8.14. The van der Waals surface area contributed by atoms with E-state index in [1.54, 1.807) is 6.92 Å². The van der Waals surface area contributed by atoms with Crippen LogP contribution in [-0.4, -0.2) is 54.0 Å². The van der Waals surface area contributed by atoms with E-state index in [9.17, 15) is 19.2 Å². The monoisotopic (exact) mass is 523 g/mol. The van der Waals surface area contributed by atoms with E-state index in [2.05, 4.69) is 16.0 Å². The van der Waals surface area contributed by atoms with Crippen molar-refractivity contribution in [1.82, 2.24) is 16.0 Å². The molecule has 0 aliphatic carbocycles. The lowest BCUT2D eigenvalue weighted by atomic mass is 9.89. The molecule has 3 N–H and O–H groups in total. The van der Waals surface area contributed by atoms with Gasteiger partial charge < -0.3 is 25.4 Å².